The first kappa shape index (κ1) is 19.5. The molecule has 23 heavy (non-hydrogen) atoms. The van der Waals surface area contributed by atoms with Crippen LogP contribution in [0, 0.1) is 0 Å². The molecule has 0 unspecified atom stereocenters. The molecule has 1 amide bonds. The van der Waals surface area contributed by atoms with E-state index in [0.717, 1.165) is 25.0 Å². The van der Waals surface area contributed by atoms with Crippen LogP contribution in [-0.2, 0) is 20.7 Å². The SMILES string of the molecule is COCCOCCCC(=O)N[C@H](C)CCc1ccc(OC)cc1. The molecule has 5 heteroatoms. The minimum absolute atomic E-state index is 0.0857. The average molecular weight is 323 g/mol. The van der Waals surface area contributed by atoms with E-state index < -0.39 is 0 Å². The number of nitrogens with one attached hydrogen (secondary N) is 1. The van der Waals surface area contributed by atoms with Gasteiger partial charge in [-0.25, -0.2) is 0 Å². The number of carbonyl (C=O) groups excluding carboxylic acids is 1. The van der Waals surface area contributed by atoms with Crippen molar-refractivity contribution >= 4 is 5.91 Å². The zero-order chi connectivity index (χ0) is 16.9. The van der Waals surface area contributed by atoms with Crippen LogP contribution in [0.1, 0.15) is 31.7 Å². The topological polar surface area (TPSA) is 56.8 Å². The number of benzene rings is 1. The molecule has 0 heterocycles. The van der Waals surface area contributed by atoms with Gasteiger partial charge in [-0.2, -0.15) is 0 Å². The summed E-state index contributed by atoms with van der Waals surface area (Å²) in [7, 11) is 3.30. The molecule has 0 aliphatic heterocycles. The maximum Gasteiger partial charge on any atom is 0.220 e. The molecule has 1 aromatic rings. The molecule has 0 bridgehead atoms. The Kier molecular flexibility index (Phi) is 10.1. The number of carbonyl (C=O) groups is 1. The predicted octanol–water partition coefficient (Wildman–Crippen LogP) is 2.58. The Morgan fingerprint density at radius 2 is 1.87 bits per heavy atom. The number of ether oxygens (including phenoxy) is 3. The fraction of sp³-hybridized carbons (Fsp3) is 0.611. The van der Waals surface area contributed by atoms with Gasteiger partial charge in [-0.1, -0.05) is 12.1 Å². The van der Waals surface area contributed by atoms with Gasteiger partial charge >= 0.3 is 0 Å². The Morgan fingerprint density at radius 3 is 2.52 bits per heavy atom. The number of aryl methyl sites for hydroxylation is 1. The fourth-order valence-corrected chi connectivity index (χ4v) is 2.17. The summed E-state index contributed by atoms with van der Waals surface area (Å²) in [5, 5.41) is 3.03. The Labute approximate surface area is 139 Å². The number of methoxy groups -OCH3 is 2. The van der Waals surface area contributed by atoms with Gasteiger partial charge in [-0.3, -0.25) is 4.79 Å². The number of hydrogen-bond donors (Lipinski definition) is 1. The lowest BCUT2D eigenvalue weighted by atomic mass is 10.1. The third-order valence-electron chi connectivity index (χ3n) is 3.56. The van der Waals surface area contributed by atoms with E-state index in [-0.39, 0.29) is 11.9 Å². The van der Waals surface area contributed by atoms with E-state index in [0.29, 0.717) is 26.2 Å². The fourth-order valence-electron chi connectivity index (χ4n) is 2.17. The summed E-state index contributed by atoms with van der Waals surface area (Å²) in [6, 6.07) is 8.21. The first-order valence-corrected chi connectivity index (χ1v) is 8.14. The molecule has 1 rings (SSSR count). The van der Waals surface area contributed by atoms with Crippen molar-refractivity contribution in [2.45, 2.75) is 38.6 Å². The summed E-state index contributed by atoms with van der Waals surface area (Å²) >= 11 is 0. The third kappa shape index (κ3) is 9.21. The molecule has 1 aromatic carbocycles. The van der Waals surface area contributed by atoms with Crippen molar-refractivity contribution in [1.82, 2.24) is 5.32 Å². The highest BCUT2D eigenvalue weighted by Gasteiger charge is 2.07. The Morgan fingerprint density at radius 1 is 1.13 bits per heavy atom. The van der Waals surface area contributed by atoms with Gasteiger partial charge < -0.3 is 19.5 Å². The van der Waals surface area contributed by atoms with Crippen LogP contribution in [-0.4, -0.2) is 46.0 Å². The summed E-state index contributed by atoms with van der Waals surface area (Å²) in [4.78, 5) is 11.8. The van der Waals surface area contributed by atoms with Crippen molar-refractivity contribution in [2.24, 2.45) is 0 Å². The van der Waals surface area contributed by atoms with Gasteiger partial charge in [0.25, 0.3) is 0 Å². The van der Waals surface area contributed by atoms with E-state index >= 15 is 0 Å². The molecule has 1 N–H and O–H groups in total. The number of rotatable bonds is 12. The normalized spacial score (nSPS) is 12.0. The van der Waals surface area contributed by atoms with Gasteiger partial charge in [0.1, 0.15) is 5.75 Å². The highest BCUT2D eigenvalue weighted by Crippen LogP contribution is 2.13. The summed E-state index contributed by atoms with van der Waals surface area (Å²) in [6.07, 6.45) is 3.09. The van der Waals surface area contributed by atoms with Crippen LogP contribution in [0.3, 0.4) is 0 Å². The smallest absolute Gasteiger partial charge is 0.220 e. The van der Waals surface area contributed by atoms with E-state index in [2.05, 4.69) is 17.4 Å². The second-order valence-electron chi connectivity index (χ2n) is 5.56. The van der Waals surface area contributed by atoms with Crippen molar-refractivity contribution in [1.29, 1.82) is 0 Å². The first-order chi connectivity index (χ1) is 11.2. The summed E-state index contributed by atoms with van der Waals surface area (Å²) < 4.78 is 15.4. The second kappa shape index (κ2) is 11.9. The molecule has 0 fully saturated rings. The van der Waals surface area contributed by atoms with Gasteiger partial charge in [-0.05, 0) is 43.9 Å². The van der Waals surface area contributed by atoms with Crippen molar-refractivity contribution in [3.05, 3.63) is 29.8 Å². The zero-order valence-corrected chi connectivity index (χ0v) is 14.5. The molecule has 1 atom stereocenters. The summed E-state index contributed by atoms with van der Waals surface area (Å²) in [5.41, 5.74) is 1.25. The van der Waals surface area contributed by atoms with Crippen LogP contribution in [0.2, 0.25) is 0 Å². The molecule has 0 aromatic heterocycles. The van der Waals surface area contributed by atoms with Crippen LogP contribution in [0.4, 0.5) is 0 Å². The van der Waals surface area contributed by atoms with E-state index in [4.69, 9.17) is 14.2 Å². The molecule has 5 nitrogen and oxygen atoms in total. The van der Waals surface area contributed by atoms with E-state index in [1.807, 2.05) is 19.1 Å². The van der Waals surface area contributed by atoms with E-state index in [1.165, 1.54) is 5.56 Å². The minimum Gasteiger partial charge on any atom is -0.497 e. The van der Waals surface area contributed by atoms with E-state index in [1.54, 1.807) is 14.2 Å². The standard InChI is InChI=1S/C18H29NO4/c1-15(6-7-16-8-10-17(22-3)11-9-16)19-18(20)5-4-12-23-14-13-21-2/h8-11,15H,4-7,12-14H2,1-3H3,(H,19,20)/t15-/m1/s1. The van der Waals surface area contributed by atoms with Crippen LogP contribution in [0.25, 0.3) is 0 Å². The predicted molar refractivity (Wildman–Crippen MR) is 90.8 cm³/mol. The average Bonchev–Trinajstić information content (AvgIpc) is 2.56. The molecular formula is C18H29NO4. The third-order valence-corrected chi connectivity index (χ3v) is 3.56. The van der Waals surface area contributed by atoms with Crippen molar-refractivity contribution in [3.8, 4) is 5.75 Å². The Bertz CT molecular complexity index is 433. The summed E-state index contributed by atoms with van der Waals surface area (Å²) in [6.45, 7) is 3.80. The van der Waals surface area contributed by atoms with Crippen molar-refractivity contribution in [2.75, 3.05) is 34.0 Å². The molecule has 130 valence electrons. The molecule has 0 saturated carbocycles. The lowest BCUT2D eigenvalue weighted by Crippen LogP contribution is -2.32. The van der Waals surface area contributed by atoms with Crippen molar-refractivity contribution < 1.29 is 19.0 Å². The number of amides is 1. The molecule has 0 saturated heterocycles. The van der Waals surface area contributed by atoms with Gasteiger partial charge in [0, 0.05) is 26.2 Å². The van der Waals surface area contributed by atoms with Crippen LogP contribution in [0.15, 0.2) is 24.3 Å². The van der Waals surface area contributed by atoms with Crippen LogP contribution < -0.4 is 10.1 Å². The number of hydrogen-bond acceptors (Lipinski definition) is 4. The molecule has 0 aliphatic carbocycles. The molecule has 0 aliphatic rings. The minimum atomic E-state index is 0.0857. The Balaban J connectivity index is 2.12. The zero-order valence-electron chi connectivity index (χ0n) is 14.5. The lowest BCUT2D eigenvalue weighted by molar-refractivity contribution is -0.122. The highest BCUT2D eigenvalue weighted by molar-refractivity contribution is 5.76. The van der Waals surface area contributed by atoms with E-state index in [9.17, 15) is 4.79 Å². The summed E-state index contributed by atoms with van der Waals surface area (Å²) in [5.74, 6) is 0.949. The Hall–Kier alpha value is -1.59. The quantitative estimate of drug-likeness (QED) is 0.601. The van der Waals surface area contributed by atoms with Crippen LogP contribution >= 0.6 is 0 Å². The molecule has 0 radical (unpaired) electrons. The maximum absolute atomic E-state index is 11.8. The van der Waals surface area contributed by atoms with Gasteiger partial charge in [0.15, 0.2) is 0 Å². The van der Waals surface area contributed by atoms with Gasteiger partial charge in [0.2, 0.25) is 5.91 Å². The van der Waals surface area contributed by atoms with Gasteiger partial charge in [-0.15, -0.1) is 0 Å². The highest BCUT2D eigenvalue weighted by atomic mass is 16.5. The largest absolute Gasteiger partial charge is 0.497 e. The maximum atomic E-state index is 11.8. The monoisotopic (exact) mass is 323 g/mol. The molecular weight excluding hydrogens is 294 g/mol. The molecule has 0 spiro atoms. The first-order valence-electron chi connectivity index (χ1n) is 8.14. The lowest BCUT2D eigenvalue weighted by Gasteiger charge is -2.14. The van der Waals surface area contributed by atoms with Crippen LogP contribution in [0.5, 0.6) is 5.75 Å². The van der Waals surface area contributed by atoms with Crippen molar-refractivity contribution in [3.63, 3.8) is 0 Å². The van der Waals surface area contributed by atoms with Gasteiger partial charge in [0.05, 0.1) is 20.3 Å². The second-order valence-corrected chi connectivity index (χ2v) is 5.56.